The van der Waals surface area contributed by atoms with E-state index in [1.165, 1.54) is 12.8 Å². The van der Waals surface area contributed by atoms with E-state index in [-0.39, 0.29) is 30.7 Å². The molecule has 1 aliphatic rings. The quantitative estimate of drug-likeness (QED) is 0.864. The fourth-order valence-corrected chi connectivity index (χ4v) is 2.64. The topological polar surface area (TPSA) is 85.8 Å². The fraction of sp³-hybridized carbons (Fsp3) is 0.438. The van der Waals surface area contributed by atoms with Crippen LogP contribution in [0.5, 0.6) is 0 Å². The van der Waals surface area contributed by atoms with Gasteiger partial charge in [-0.1, -0.05) is 6.92 Å². The average molecular weight is 372 g/mol. The lowest BCUT2D eigenvalue weighted by Crippen LogP contribution is -2.34. The summed E-state index contributed by atoms with van der Waals surface area (Å²) in [6.07, 6.45) is 3.97. The van der Waals surface area contributed by atoms with Crippen molar-refractivity contribution in [3.8, 4) is 11.4 Å². The molecule has 6 nitrogen and oxygen atoms in total. The fourth-order valence-electron chi connectivity index (χ4n) is 2.64. The molecule has 1 aromatic heterocycles. The van der Waals surface area contributed by atoms with Crippen LogP contribution in [0.25, 0.3) is 11.4 Å². The number of fused-ring (bicyclic) bond motifs is 1. The lowest BCUT2D eigenvalue weighted by molar-refractivity contribution is -0.117. The number of nitrogens with one attached hydrogen (secondary N) is 1. The van der Waals surface area contributed by atoms with Crippen LogP contribution in [0.3, 0.4) is 0 Å². The lowest BCUT2D eigenvalue weighted by atomic mass is 10.1. The van der Waals surface area contributed by atoms with E-state index in [2.05, 4.69) is 20.1 Å². The van der Waals surface area contributed by atoms with Gasteiger partial charge in [0.15, 0.2) is 5.82 Å². The van der Waals surface area contributed by atoms with Gasteiger partial charge >= 0.3 is 0 Å². The Balaban J connectivity index is 0.00000144. The molecule has 0 fully saturated rings. The number of benzene rings is 1. The van der Waals surface area contributed by atoms with Crippen LogP contribution in [-0.2, 0) is 17.8 Å². The van der Waals surface area contributed by atoms with Crippen molar-refractivity contribution in [3.05, 3.63) is 30.1 Å². The van der Waals surface area contributed by atoms with Gasteiger partial charge in [0.2, 0.25) is 5.91 Å². The summed E-state index contributed by atoms with van der Waals surface area (Å²) in [6, 6.07) is 7.20. The largest absolute Gasteiger partial charge is 0.325 e. The van der Waals surface area contributed by atoms with Crippen LogP contribution in [0.4, 0.5) is 5.69 Å². The molecular weight excluding hydrogens is 349 g/mol. The summed E-state index contributed by atoms with van der Waals surface area (Å²) in [4.78, 5) is 11.8. The number of amides is 1. The molecule has 0 unspecified atom stereocenters. The van der Waals surface area contributed by atoms with E-state index in [0.29, 0.717) is 6.42 Å². The van der Waals surface area contributed by atoms with Crippen LogP contribution >= 0.6 is 24.8 Å². The minimum atomic E-state index is -0.469. The summed E-state index contributed by atoms with van der Waals surface area (Å²) in [5.74, 6) is 1.81. The summed E-state index contributed by atoms with van der Waals surface area (Å²) in [5.41, 5.74) is 7.47. The normalized spacial score (nSPS) is 13.9. The molecule has 0 saturated heterocycles. The van der Waals surface area contributed by atoms with E-state index < -0.39 is 6.04 Å². The highest BCUT2D eigenvalue weighted by Gasteiger charge is 2.17. The Labute approximate surface area is 154 Å². The van der Waals surface area contributed by atoms with Gasteiger partial charge in [0.25, 0.3) is 0 Å². The van der Waals surface area contributed by atoms with Gasteiger partial charge in [-0.05, 0) is 43.5 Å². The van der Waals surface area contributed by atoms with Gasteiger partial charge < -0.3 is 15.6 Å². The second-order valence-corrected chi connectivity index (χ2v) is 5.63. The third-order valence-electron chi connectivity index (χ3n) is 4.05. The van der Waals surface area contributed by atoms with E-state index >= 15 is 0 Å². The maximum atomic E-state index is 11.8. The molecule has 3 rings (SSSR count). The van der Waals surface area contributed by atoms with Gasteiger partial charge in [-0.15, -0.1) is 35.0 Å². The molecule has 0 radical (unpaired) electrons. The highest BCUT2D eigenvalue weighted by Crippen LogP contribution is 2.24. The molecule has 0 aliphatic carbocycles. The van der Waals surface area contributed by atoms with E-state index in [1.54, 1.807) is 0 Å². The molecule has 2 aromatic rings. The Morgan fingerprint density at radius 1 is 1.25 bits per heavy atom. The van der Waals surface area contributed by atoms with Crippen LogP contribution in [0.2, 0.25) is 0 Å². The molecule has 1 amide bonds. The second kappa shape index (κ2) is 9.01. The molecule has 3 N–H and O–H groups in total. The van der Waals surface area contributed by atoms with Crippen molar-refractivity contribution in [3.63, 3.8) is 0 Å². The Hall–Kier alpha value is -1.63. The Morgan fingerprint density at radius 2 is 1.96 bits per heavy atom. The van der Waals surface area contributed by atoms with Crippen molar-refractivity contribution in [2.24, 2.45) is 5.73 Å². The highest BCUT2D eigenvalue weighted by atomic mass is 35.5. The summed E-state index contributed by atoms with van der Waals surface area (Å²) >= 11 is 0. The number of carbonyl (C=O) groups is 1. The number of aryl methyl sites for hydroxylation is 1. The van der Waals surface area contributed by atoms with Crippen molar-refractivity contribution in [2.75, 3.05) is 5.32 Å². The molecular formula is C16H23Cl2N5O. The first kappa shape index (κ1) is 20.4. The Morgan fingerprint density at radius 3 is 2.62 bits per heavy atom. The average Bonchev–Trinajstić information content (AvgIpc) is 2.99. The predicted molar refractivity (Wildman–Crippen MR) is 99.8 cm³/mol. The summed E-state index contributed by atoms with van der Waals surface area (Å²) in [7, 11) is 0. The van der Waals surface area contributed by atoms with Crippen LogP contribution in [0.1, 0.15) is 32.0 Å². The molecule has 132 valence electrons. The maximum absolute atomic E-state index is 11.8. The van der Waals surface area contributed by atoms with Crippen molar-refractivity contribution in [1.29, 1.82) is 0 Å². The van der Waals surface area contributed by atoms with Crippen molar-refractivity contribution in [1.82, 2.24) is 14.8 Å². The molecule has 24 heavy (non-hydrogen) atoms. The van der Waals surface area contributed by atoms with E-state index in [9.17, 15) is 4.79 Å². The number of nitrogens with two attached hydrogens (primary N) is 1. The van der Waals surface area contributed by atoms with Gasteiger partial charge in [0.05, 0.1) is 6.04 Å². The molecule has 1 aromatic carbocycles. The van der Waals surface area contributed by atoms with Gasteiger partial charge in [-0.3, -0.25) is 4.79 Å². The summed E-state index contributed by atoms with van der Waals surface area (Å²) < 4.78 is 2.18. The van der Waals surface area contributed by atoms with Gasteiger partial charge in [0, 0.05) is 24.2 Å². The van der Waals surface area contributed by atoms with Crippen LogP contribution in [-0.4, -0.2) is 26.7 Å². The molecule has 1 aliphatic heterocycles. The molecule has 8 heteroatoms. The zero-order chi connectivity index (χ0) is 15.5. The molecule has 0 spiro atoms. The molecule has 0 saturated carbocycles. The van der Waals surface area contributed by atoms with Gasteiger partial charge in [0.1, 0.15) is 5.82 Å². The Kier molecular flexibility index (Phi) is 7.66. The first-order chi connectivity index (χ1) is 10.7. The number of aromatic nitrogens is 3. The molecule has 0 bridgehead atoms. The molecule has 2 heterocycles. The Bertz CT molecular complexity index is 672. The third kappa shape index (κ3) is 4.26. The number of nitrogens with zero attached hydrogens (tertiary/aromatic N) is 3. The van der Waals surface area contributed by atoms with Gasteiger partial charge in [-0.2, -0.15) is 0 Å². The third-order valence-corrected chi connectivity index (χ3v) is 4.05. The SMILES string of the molecule is CC[C@H](N)C(=O)Nc1ccc(-c2nnc3n2CCCC3)cc1.Cl.Cl. The minimum Gasteiger partial charge on any atom is -0.325 e. The van der Waals surface area contributed by atoms with E-state index in [4.69, 9.17) is 5.73 Å². The van der Waals surface area contributed by atoms with E-state index in [0.717, 1.165) is 35.9 Å². The zero-order valence-corrected chi connectivity index (χ0v) is 15.2. The van der Waals surface area contributed by atoms with Gasteiger partial charge in [-0.25, -0.2) is 0 Å². The smallest absolute Gasteiger partial charge is 0.241 e. The maximum Gasteiger partial charge on any atom is 0.241 e. The van der Waals surface area contributed by atoms with Crippen molar-refractivity contribution >= 4 is 36.4 Å². The van der Waals surface area contributed by atoms with Crippen LogP contribution in [0, 0.1) is 0 Å². The summed E-state index contributed by atoms with van der Waals surface area (Å²) in [6.45, 7) is 2.86. The zero-order valence-electron chi connectivity index (χ0n) is 13.6. The number of halogens is 2. The standard InChI is InChI=1S/C16H21N5O.2ClH/c1-2-13(17)16(22)18-12-8-6-11(7-9-12)15-20-19-14-5-3-4-10-21(14)15;;/h6-9,13H,2-5,10,17H2,1H3,(H,18,22);2*1H/t13-;;/m0../s1. The number of rotatable bonds is 4. The van der Waals surface area contributed by atoms with Crippen LogP contribution in [0.15, 0.2) is 24.3 Å². The summed E-state index contributed by atoms with van der Waals surface area (Å²) in [5, 5.41) is 11.4. The number of hydrogen-bond donors (Lipinski definition) is 2. The number of carbonyl (C=O) groups excluding carboxylic acids is 1. The first-order valence-electron chi connectivity index (χ1n) is 7.78. The van der Waals surface area contributed by atoms with Crippen molar-refractivity contribution in [2.45, 2.75) is 45.2 Å². The number of hydrogen-bond acceptors (Lipinski definition) is 4. The van der Waals surface area contributed by atoms with Crippen molar-refractivity contribution < 1.29 is 4.79 Å². The number of anilines is 1. The highest BCUT2D eigenvalue weighted by molar-refractivity contribution is 5.94. The second-order valence-electron chi connectivity index (χ2n) is 5.63. The van der Waals surface area contributed by atoms with Crippen LogP contribution < -0.4 is 11.1 Å². The minimum absolute atomic E-state index is 0. The predicted octanol–water partition coefficient (Wildman–Crippen LogP) is 2.80. The monoisotopic (exact) mass is 371 g/mol. The molecule has 1 atom stereocenters. The lowest BCUT2D eigenvalue weighted by Gasteiger charge is -2.15. The first-order valence-corrected chi connectivity index (χ1v) is 7.78. The van der Waals surface area contributed by atoms with E-state index in [1.807, 2.05) is 31.2 Å².